The predicted molar refractivity (Wildman–Crippen MR) is 128 cm³/mol. The average molecular weight is 514 g/mol. The van der Waals surface area contributed by atoms with Crippen molar-refractivity contribution in [2.45, 2.75) is 26.7 Å². The van der Waals surface area contributed by atoms with E-state index in [0.717, 1.165) is 23.3 Å². The van der Waals surface area contributed by atoms with Crippen molar-refractivity contribution in [1.82, 2.24) is 25.0 Å². The van der Waals surface area contributed by atoms with Gasteiger partial charge in [0, 0.05) is 45.2 Å². The molecule has 34 heavy (non-hydrogen) atoms. The molecule has 2 aromatic heterocycles. The lowest BCUT2D eigenvalue weighted by Crippen LogP contribution is -2.40. The van der Waals surface area contributed by atoms with Crippen LogP contribution in [0.1, 0.15) is 34.3 Å². The van der Waals surface area contributed by atoms with E-state index in [9.17, 15) is 23.1 Å². The second-order valence-corrected chi connectivity index (χ2v) is 9.88. The van der Waals surface area contributed by atoms with Gasteiger partial charge in [0.2, 0.25) is 11.9 Å². The van der Waals surface area contributed by atoms with Crippen LogP contribution in [0.2, 0.25) is 0 Å². The lowest BCUT2D eigenvalue weighted by atomic mass is 10.1. The van der Waals surface area contributed by atoms with E-state index < -0.39 is 16.2 Å². The molecule has 1 amide bonds. The standard InChI is InChI=1S/C18H27N9O5S2/c1-10-13(16(29)30)33-18(23-10)26-17-24-14(21-6-5-20-11(2)28)12-4-3-8-27(15(12)25-17)9-7-22-34(19,31)32/h22H,3-9H2,1-2H3,(H,20,28)(H,29,30)(H2,19,31,32)(H2,21,23,24,25,26). The SMILES string of the molecule is CC(=O)NCCNc1nc(Nc2nc(C)c(C(=O)O)s2)nc2c1CCCN2CCNS(N)(=O)=O. The molecule has 0 saturated heterocycles. The quantitative estimate of drug-likeness (QED) is 0.217. The van der Waals surface area contributed by atoms with Gasteiger partial charge in [0.25, 0.3) is 10.2 Å². The Labute approximate surface area is 200 Å². The first kappa shape index (κ1) is 25.5. The van der Waals surface area contributed by atoms with E-state index in [2.05, 4.69) is 35.6 Å². The topological polar surface area (TPSA) is 205 Å². The van der Waals surface area contributed by atoms with Crippen LogP contribution in [0, 0.1) is 6.92 Å². The van der Waals surface area contributed by atoms with Crippen molar-refractivity contribution in [3.8, 4) is 0 Å². The summed E-state index contributed by atoms with van der Waals surface area (Å²) < 4.78 is 24.7. The molecule has 0 saturated carbocycles. The van der Waals surface area contributed by atoms with Crippen LogP contribution >= 0.6 is 11.3 Å². The summed E-state index contributed by atoms with van der Waals surface area (Å²) in [6.45, 7) is 4.95. The van der Waals surface area contributed by atoms with Crippen molar-refractivity contribution in [3.63, 3.8) is 0 Å². The van der Waals surface area contributed by atoms with Crippen LogP contribution in [0.25, 0.3) is 0 Å². The Hall–Kier alpha value is -3.08. The average Bonchev–Trinajstić information content (AvgIpc) is 3.10. The fourth-order valence-corrected chi connectivity index (χ4v) is 4.60. The molecule has 0 fully saturated rings. The minimum absolute atomic E-state index is 0.101. The molecule has 186 valence electrons. The summed E-state index contributed by atoms with van der Waals surface area (Å²) in [5, 5.41) is 23.5. The monoisotopic (exact) mass is 513 g/mol. The van der Waals surface area contributed by atoms with Gasteiger partial charge in [0.1, 0.15) is 16.5 Å². The number of carbonyl (C=O) groups excluding carboxylic acids is 1. The third kappa shape index (κ3) is 6.96. The fourth-order valence-electron chi connectivity index (χ4n) is 3.42. The fraction of sp³-hybridized carbons (Fsp3) is 0.500. The highest BCUT2D eigenvalue weighted by atomic mass is 32.2. The predicted octanol–water partition coefficient (Wildman–Crippen LogP) is -0.223. The number of hydrogen-bond donors (Lipinski definition) is 6. The maximum atomic E-state index is 11.3. The summed E-state index contributed by atoms with van der Waals surface area (Å²) in [5.41, 5.74) is 1.24. The third-order valence-corrected chi connectivity index (χ3v) is 6.49. The largest absolute Gasteiger partial charge is 0.477 e. The number of nitrogens with two attached hydrogens (primary N) is 1. The zero-order valence-corrected chi connectivity index (χ0v) is 20.3. The smallest absolute Gasteiger partial charge is 0.347 e. The summed E-state index contributed by atoms with van der Waals surface area (Å²) in [6, 6.07) is 0. The summed E-state index contributed by atoms with van der Waals surface area (Å²) in [4.78, 5) is 37.9. The van der Waals surface area contributed by atoms with Crippen molar-refractivity contribution in [2.75, 3.05) is 48.3 Å². The molecule has 0 spiro atoms. The van der Waals surface area contributed by atoms with Gasteiger partial charge >= 0.3 is 5.97 Å². The molecular weight excluding hydrogens is 486 g/mol. The molecule has 3 rings (SSSR count). The molecule has 0 bridgehead atoms. The van der Waals surface area contributed by atoms with Crippen molar-refractivity contribution < 1.29 is 23.1 Å². The highest BCUT2D eigenvalue weighted by Crippen LogP contribution is 2.33. The number of thiazole rings is 1. The molecule has 7 N–H and O–H groups in total. The van der Waals surface area contributed by atoms with E-state index in [1.54, 1.807) is 6.92 Å². The number of carboxylic acids is 1. The number of rotatable bonds is 11. The van der Waals surface area contributed by atoms with Gasteiger partial charge in [-0.15, -0.1) is 0 Å². The number of aromatic carboxylic acids is 1. The summed E-state index contributed by atoms with van der Waals surface area (Å²) in [7, 11) is -3.81. The number of nitrogens with zero attached hydrogens (tertiary/aromatic N) is 4. The maximum Gasteiger partial charge on any atom is 0.347 e. The zero-order valence-electron chi connectivity index (χ0n) is 18.7. The first-order valence-electron chi connectivity index (χ1n) is 10.4. The normalized spacial score (nSPS) is 13.3. The van der Waals surface area contributed by atoms with E-state index in [4.69, 9.17) is 5.14 Å². The molecular formula is C18H27N9O5S2. The zero-order chi connectivity index (χ0) is 24.9. The van der Waals surface area contributed by atoms with Gasteiger partial charge in [-0.3, -0.25) is 10.1 Å². The van der Waals surface area contributed by atoms with Crippen LogP contribution in [0.15, 0.2) is 0 Å². The van der Waals surface area contributed by atoms with Crippen molar-refractivity contribution >= 4 is 56.1 Å². The molecule has 0 unspecified atom stereocenters. The minimum Gasteiger partial charge on any atom is -0.477 e. The molecule has 0 aliphatic carbocycles. The summed E-state index contributed by atoms with van der Waals surface area (Å²) in [5.74, 6) is 0.180. The Morgan fingerprint density at radius 1 is 1.21 bits per heavy atom. The van der Waals surface area contributed by atoms with Crippen molar-refractivity contribution in [1.29, 1.82) is 0 Å². The molecule has 16 heteroatoms. The lowest BCUT2D eigenvalue weighted by molar-refractivity contribution is -0.118. The first-order chi connectivity index (χ1) is 16.0. The number of nitrogens with one attached hydrogen (secondary N) is 4. The van der Waals surface area contributed by atoms with Gasteiger partial charge in [0.15, 0.2) is 5.13 Å². The van der Waals surface area contributed by atoms with E-state index >= 15 is 0 Å². The number of amides is 1. The Morgan fingerprint density at radius 2 is 1.97 bits per heavy atom. The molecule has 3 heterocycles. The molecule has 0 radical (unpaired) electrons. The van der Waals surface area contributed by atoms with Gasteiger partial charge < -0.3 is 20.6 Å². The van der Waals surface area contributed by atoms with Gasteiger partial charge in [-0.25, -0.2) is 19.6 Å². The van der Waals surface area contributed by atoms with Crippen LogP contribution in [-0.2, 0) is 21.4 Å². The van der Waals surface area contributed by atoms with E-state index in [0.29, 0.717) is 55.1 Å². The third-order valence-electron chi connectivity index (χ3n) is 4.83. The summed E-state index contributed by atoms with van der Waals surface area (Å²) in [6.07, 6.45) is 1.52. The molecule has 2 aromatic rings. The second kappa shape index (κ2) is 10.9. The second-order valence-electron chi connectivity index (χ2n) is 7.50. The number of fused-ring (bicyclic) bond motifs is 1. The van der Waals surface area contributed by atoms with Crippen LogP contribution in [-0.4, -0.2) is 73.1 Å². The molecule has 0 atom stereocenters. The number of carboxylic acid groups (broad SMARTS) is 1. The minimum atomic E-state index is -3.81. The Kier molecular flexibility index (Phi) is 8.19. The molecule has 1 aliphatic heterocycles. The van der Waals surface area contributed by atoms with E-state index in [-0.39, 0.29) is 23.3 Å². The van der Waals surface area contributed by atoms with Crippen LogP contribution < -0.4 is 30.7 Å². The van der Waals surface area contributed by atoms with Gasteiger partial charge in [-0.2, -0.15) is 18.4 Å². The van der Waals surface area contributed by atoms with Crippen LogP contribution in [0.4, 0.5) is 22.7 Å². The highest BCUT2D eigenvalue weighted by Gasteiger charge is 2.24. The molecule has 1 aliphatic rings. The van der Waals surface area contributed by atoms with Gasteiger partial charge in [-0.1, -0.05) is 11.3 Å². The van der Waals surface area contributed by atoms with Crippen molar-refractivity contribution in [2.24, 2.45) is 5.14 Å². The number of carbonyl (C=O) groups is 2. The van der Waals surface area contributed by atoms with E-state index in [1.165, 1.54) is 6.92 Å². The Bertz CT molecular complexity index is 1170. The van der Waals surface area contributed by atoms with Gasteiger partial charge in [-0.05, 0) is 19.8 Å². The number of anilines is 4. The number of hydrogen-bond acceptors (Lipinski definition) is 11. The van der Waals surface area contributed by atoms with Gasteiger partial charge in [0.05, 0.1) is 5.69 Å². The Morgan fingerprint density at radius 3 is 2.62 bits per heavy atom. The molecule has 14 nitrogen and oxygen atoms in total. The number of aryl methyl sites for hydroxylation is 1. The number of aromatic nitrogens is 3. The maximum absolute atomic E-state index is 11.3. The molecule has 0 aromatic carbocycles. The van der Waals surface area contributed by atoms with Crippen LogP contribution in [0.5, 0.6) is 0 Å². The van der Waals surface area contributed by atoms with E-state index in [1.807, 2.05) is 4.90 Å². The van der Waals surface area contributed by atoms with Crippen LogP contribution in [0.3, 0.4) is 0 Å². The Balaban J connectivity index is 1.88. The highest BCUT2D eigenvalue weighted by molar-refractivity contribution is 7.87. The van der Waals surface area contributed by atoms with Crippen molar-refractivity contribution in [3.05, 3.63) is 16.1 Å². The summed E-state index contributed by atoms with van der Waals surface area (Å²) >= 11 is 0.974. The first-order valence-corrected chi connectivity index (χ1v) is 12.8. The lowest BCUT2D eigenvalue weighted by Gasteiger charge is -2.31.